The monoisotopic (exact) mass is 322 g/mol. The Morgan fingerprint density at radius 2 is 2.17 bits per heavy atom. The highest BCUT2D eigenvalue weighted by Crippen LogP contribution is 2.33. The van der Waals surface area contributed by atoms with Gasteiger partial charge < -0.3 is 19.9 Å². The SMILES string of the molecule is CCOCCC1=C(NCCCOC)CCCC1=C(C#N)C(=O)O. The molecule has 0 aromatic carbocycles. The molecule has 0 bridgehead atoms. The van der Waals surface area contributed by atoms with Crippen molar-refractivity contribution in [2.24, 2.45) is 0 Å². The highest BCUT2D eigenvalue weighted by atomic mass is 16.5. The number of nitriles is 1. The van der Waals surface area contributed by atoms with Gasteiger partial charge in [-0.1, -0.05) is 0 Å². The lowest BCUT2D eigenvalue weighted by Gasteiger charge is -2.25. The van der Waals surface area contributed by atoms with Gasteiger partial charge in [0.25, 0.3) is 0 Å². The number of nitrogens with one attached hydrogen (secondary N) is 1. The van der Waals surface area contributed by atoms with Gasteiger partial charge in [-0.05, 0) is 50.2 Å². The van der Waals surface area contributed by atoms with Crippen molar-refractivity contribution in [1.29, 1.82) is 5.26 Å². The van der Waals surface area contributed by atoms with Gasteiger partial charge >= 0.3 is 5.97 Å². The summed E-state index contributed by atoms with van der Waals surface area (Å²) in [5, 5.41) is 21.9. The van der Waals surface area contributed by atoms with Gasteiger partial charge in [0, 0.05) is 32.6 Å². The molecule has 0 aromatic rings. The number of rotatable bonds is 10. The van der Waals surface area contributed by atoms with E-state index in [1.54, 1.807) is 7.11 Å². The van der Waals surface area contributed by atoms with E-state index in [0.29, 0.717) is 38.2 Å². The normalized spacial score (nSPS) is 16.9. The Morgan fingerprint density at radius 3 is 2.78 bits per heavy atom. The molecule has 0 atom stereocenters. The van der Waals surface area contributed by atoms with Crippen LogP contribution in [0.3, 0.4) is 0 Å². The maximum atomic E-state index is 11.3. The smallest absolute Gasteiger partial charge is 0.346 e. The zero-order valence-corrected chi connectivity index (χ0v) is 14.0. The average molecular weight is 322 g/mol. The predicted molar refractivity (Wildman–Crippen MR) is 86.8 cm³/mol. The first-order chi connectivity index (χ1) is 11.2. The lowest BCUT2D eigenvalue weighted by molar-refractivity contribution is -0.132. The van der Waals surface area contributed by atoms with Crippen molar-refractivity contribution in [1.82, 2.24) is 5.32 Å². The standard InChI is InChI=1S/C17H26N2O4/c1-3-23-11-8-14-13(15(12-18)17(20)21)6-4-7-16(14)19-9-5-10-22-2/h19H,3-11H2,1-2H3,(H,20,21). The molecular weight excluding hydrogens is 296 g/mol. The zero-order chi connectivity index (χ0) is 17.1. The molecule has 128 valence electrons. The molecule has 6 nitrogen and oxygen atoms in total. The Labute approximate surface area is 137 Å². The molecular formula is C17H26N2O4. The maximum absolute atomic E-state index is 11.3. The summed E-state index contributed by atoms with van der Waals surface area (Å²) < 4.78 is 10.5. The number of hydrogen-bond acceptors (Lipinski definition) is 5. The molecule has 0 saturated carbocycles. The van der Waals surface area contributed by atoms with Gasteiger partial charge in [0.2, 0.25) is 0 Å². The summed E-state index contributed by atoms with van der Waals surface area (Å²) in [6.45, 7) is 4.51. The van der Waals surface area contributed by atoms with Crippen molar-refractivity contribution in [3.8, 4) is 6.07 Å². The van der Waals surface area contributed by atoms with Crippen molar-refractivity contribution < 1.29 is 19.4 Å². The Balaban J connectivity index is 3.03. The molecule has 1 aliphatic carbocycles. The van der Waals surface area contributed by atoms with E-state index in [-0.39, 0.29) is 5.57 Å². The number of carbonyl (C=O) groups is 1. The Bertz CT molecular complexity index is 503. The highest BCUT2D eigenvalue weighted by Gasteiger charge is 2.23. The fourth-order valence-corrected chi connectivity index (χ4v) is 2.72. The van der Waals surface area contributed by atoms with Gasteiger partial charge in [0.05, 0.1) is 6.61 Å². The Hall–Kier alpha value is -1.84. The minimum Gasteiger partial charge on any atom is -0.477 e. The molecule has 0 radical (unpaired) electrons. The number of hydrogen-bond donors (Lipinski definition) is 2. The summed E-state index contributed by atoms with van der Waals surface area (Å²) in [6.07, 6.45) is 3.84. The van der Waals surface area contributed by atoms with Crippen LogP contribution in [0.5, 0.6) is 0 Å². The second-order valence-corrected chi connectivity index (χ2v) is 5.30. The van der Waals surface area contributed by atoms with Crippen LogP contribution in [0.15, 0.2) is 22.4 Å². The van der Waals surface area contributed by atoms with Crippen molar-refractivity contribution in [2.45, 2.75) is 39.0 Å². The minimum atomic E-state index is -1.16. The number of ether oxygens (including phenoxy) is 2. The molecule has 0 aromatic heterocycles. The molecule has 0 aliphatic heterocycles. The molecule has 0 fully saturated rings. The van der Waals surface area contributed by atoms with Crippen molar-refractivity contribution >= 4 is 5.97 Å². The molecule has 1 aliphatic rings. The van der Waals surface area contributed by atoms with Gasteiger partial charge in [-0.25, -0.2) is 4.79 Å². The second-order valence-electron chi connectivity index (χ2n) is 5.30. The molecule has 0 amide bonds. The maximum Gasteiger partial charge on any atom is 0.346 e. The van der Waals surface area contributed by atoms with Crippen LogP contribution in [0.1, 0.15) is 39.0 Å². The Kier molecular flexibility index (Phi) is 9.03. The van der Waals surface area contributed by atoms with Crippen LogP contribution in [0.2, 0.25) is 0 Å². The average Bonchev–Trinajstić information content (AvgIpc) is 2.54. The van der Waals surface area contributed by atoms with E-state index in [4.69, 9.17) is 9.47 Å². The lowest BCUT2D eigenvalue weighted by atomic mass is 9.86. The van der Waals surface area contributed by atoms with Gasteiger partial charge in [0.15, 0.2) is 0 Å². The largest absolute Gasteiger partial charge is 0.477 e. The summed E-state index contributed by atoms with van der Waals surface area (Å²) in [6, 6.07) is 1.85. The first-order valence-electron chi connectivity index (χ1n) is 8.05. The molecule has 0 spiro atoms. The number of methoxy groups -OCH3 is 1. The van der Waals surface area contributed by atoms with Gasteiger partial charge in [-0.2, -0.15) is 5.26 Å². The summed E-state index contributed by atoms with van der Waals surface area (Å²) in [7, 11) is 1.67. The summed E-state index contributed by atoms with van der Waals surface area (Å²) >= 11 is 0. The van der Waals surface area contributed by atoms with Crippen LogP contribution >= 0.6 is 0 Å². The number of allylic oxidation sites excluding steroid dienone is 2. The number of carboxylic acids is 1. The zero-order valence-electron chi connectivity index (χ0n) is 14.0. The lowest BCUT2D eigenvalue weighted by Crippen LogP contribution is -2.22. The molecule has 1 rings (SSSR count). The van der Waals surface area contributed by atoms with Gasteiger partial charge in [-0.3, -0.25) is 0 Å². The van der Waals surface area contributed by atoms with E-state index >= 15 is 0 Å². The summed E-state index contributed by atoms with van der Waals surface area (Å²) in [4.78, 5) is 11.3. The quantitative estimate of drug-likeness (QED) is 0.364. The molecule has 0 unspecified atom stereocenters. The third-order valence-corrected chi connectivity index (χ3v) is 3.77. The van der Waals surface area contributed by atoms with Crippen molar-refractivity contribution in [3.63, 3.8) is 0 Å². The minimum absolute atomic E-state index is 0.146. The van der Waals surface area contributed by atoms with Crippen molar-refractivity contribution in [3.05, 3.63) is 22.4 Å². The number of aliphatic carboxylic acids is 1. The van der Waals surface area contributed by atoms with Crippen LogP contribution in [-0.2, 0) is 14.3 Å². The highest BCUT2D eigenvalue weighted by molar-refractivity contribution is 5.93. The van der Waals surface area contributed by atoms with E-state index < -0.39 is 5.97 Å². The molecule has 23 heavy (non-hydrogen) atoms. The first kappa shape index (κ1) is 19.2. The summed E-state index contributed by atoms with van der Waals surface area (Å²) in [5.74, 6) is -1.16. The van der Waals surface area contributed by atoms with E-state index in [9.17, 15) is 15.2 Å². The third-order valence-electron chi connectivity index (χ3n) is 3.77. The van der Waals surface area contributed by atoms with Gasteiger partial charge in [0.1, 0.15) is 11.6 Å². The molecule has 6 heteroatoms. The molecule has 2 N–H and O–H groups in total. The van der Waals surface area contributed by atoms with Crippen molar-refractivity contribution in [2.75, 3.05) is 33.5 Å². The molecule has 0 heterocycles. The topological polar surface area (TPSA) is 91.6 Å². The van der Waals surface area contributed by atoms with E-state index in [2.05, 4.69) is 5.32 Å². The van der Waals surface area contributed by atoms with Crippen LogP contribution in [0.4, 0.5) is 0 Å². The summed E-state index contributed by atoms with van der Waals surface area (Å²) in [5.41, 5.74) is 2.48. The fraction of sp³-hybridized carbons (Fsp3) is 0.647. The predicted octanol–water partition coefficient (Wildman–Crippen LogP) is 2.38. The number of nitrogens with zero attached hydrogens (tertiary/aromatic N) is 1. The van der Waals surface area contributed by atoms with Crippen LogP contribution in [0.25, 0.3) is 0 Å². The van der Waals surface area contributed by atoms with E-state index in [1.807, 2.05) is 13.0 Å². The third kappa shape index (κ3) is 6.05. The van der Waals surface area contributed by atoms with Gasteiger partial charge in [-0.15, -0.1) is 0 Å². The Morgan fingerprint density at radius 1 is 1.39 bits per heavy atom. The van der Waals surface area contributed by atoms with Crippen LogP contribution in [-0.4, -0.2) is 44.6 Å². The van der Waals surface area contributed by atoms with E-state index in [0.717, 1.165) is 37.1 Å². The van der Waals surface area contributed by atoms with Crippen LogP contribution < -0.4 is 5.32 Å². The molecule has 0 saturated heterocycles. The second kappa shape index (κ2) is 10.8. The first-order valence-corrected chi connectivity index (χ1v) is 8.05. The van der Waals surface area contributed by atoms with E-state index in [1.165, 1.54) is 0 Å². The number of carboxylic acid groups (broad SMARTS) is 1. The van der Waals surface area contributed by atoms with Crippen LogP contribution in [0, 0.1) is 11.3 Å². The fourth-order valence-electron chi connectivity index (χ4n) is 2.72.